The van der Waals surface area contributed by atoms with Crippen molar-refractivity contribution in [2.45, 2.75) is 45.3 Å². The van der Waals surface area contributed by atoms with Gasteiger partial charge >= 0.3 is 17.2 Å². The third-order valence-corrected chi connectivity index (χ3v) is 5.02. The number of piperidine rings is 1. The van der Waals surface area contributed by atoms with Crippen molar-refractivity contribution in [2.75, 3.05) is 13.1 Å². The van der Waals surface area contributed by atoms with E-state index in [1.807, 2.05) is 20.8 Å². The zero-order valence-corrected chi connectivity index (χ0v) is 17.4. The molecule has 0 aliphatic carbocycles. The molecule has 3 heterocycles. The van der Waals surface area contributed by atoms with Crippen LogP contribution in [0.15, 0.2) is 26.3 Å². The third kappa shape index (κ3) is 3.92. The number of amides is 1. The Morgan fingerprint density at radius 1 is 1.22 bits per heavy atom. The number of likely N-dealkylation sites (tertiary alicyclic amines) is 1. The number of halogens is 1. The van der Waals surface area contributed by atoms with Gasteiger partial charge in [-0.3, -0.25) is 14.2 Å². The molecule has 1 fully saturated rings. The molecule has 0 saturated carbocycles. The minimum absolute atomic E-state index is 0.193. The van der Waals surface area contributed by atoms with Crippen molar-refractivity contribution in [3.8, 4) is 0 Å². The summed E-state index contributed by atoms with van der Waals surface area (Å²) < 4.78 is 8.94. The van der Waals surface area contributed by atoms with Crippen molar-refractivity contribution in [1.29, 1.82) is 0 Å². The van der Waals surface area contributed by atoms with E-state index >= 15 is 0 Å². The molecule has 8 nitrogen and oxygen atoms in total. The maximum Gasteiger partial charge on any atom is 0.410 e. The highest BCUT2D eigenvalue weighted by molar-refractivity contribution is 9.10. The van der Waals surface area contributed by atoms with Crippen LogP contribution in [0.1, 0.15) is 39.7 Å². The lowest BCUT2D eigenvalue weighted by Crippen LogP contribution is -2.46. The summed E-state index contributed by atoms with van der Waals surface area (Å²) in [5.41, 5.74) is -0.665. The Balaban J connectivity index is 1.91. The van der Waals surface area contributed by atoms with Crippen LogP contribution >= 0.6 is 15.9 Å². The second-order valence-corrected chi connectivity index (χ2v) is 8.65. The number of carbonyl (C=O) groups is 1. The lowest BCUT2D eigenvalue weighted by atomic mass is 10.0. The van der Waals surface area contributed by atoms with Gasteiger partial charge in [0.05, 0.1) is 5.52 Å². The van der Waals surface area contributed by atoms with Crippen molar-refractivity contribution in [2.24, 2.45) is 7.05 Å². The molecule has 0 atom stereocenters. The van der Waals surface area contributed by atoms with Crippen molar-refractivity contribution in [1.82, 2.24) is 19.0 Å². The number of aryl methyl sites for hydroxylation is 1. The fourth-order valence-electron chi connectivity index (χ4n) is 3.28. The quantitative estimate of drug-likeness (QED) is 0.638. The van der Waals surface area contributed by atoms with E-state index < -0.39 is 16.7 Å². The second-order valence-electron chi connectivity index (χ2n) is 7.73. The fourth-order valence-corrected chi connectivity index (χ4v) is 3.60. The first-order chi connectivity index (χ1) is 12.6. The lowest BCUT2D eigenvalue weighted by Gasteiger charge is -2.34. The number of carbonyl (C=O) groups excluding carboxylic acids is 1. The van der Waals surface area contributed by atoms with Gasteiger partial charge in [0.25, 0.3) is 0 Å². The van der Waals surface area contributed by atoms with Gasteiger partial charge in [0, 0.05) is 36.8 Å². The van der Waals surface area contributed by atoms with Crippen LogP contribution in [0.4, 0.5) is 4.79 Å². The topological polar surface area (TPSA) is 86.4 Å². The van der Waals surface area contributed by atoms with Gasteiger partial charge in [-0.2, -0.15) is 0 Å². The van der Waals surface area contributed by atoms with Crippen molar-refractivity contribution in [3.05, 3.63) is 37.4 Å². The Hall–Kier alpha value is -2.16. The van der Waals surface area contributed by atoms with Gasteiger partial charge in [-0.1, -0.05) is 0 Å². The van der Waals surface area contributed by atoms with E-state index in [9.17, 15) is 14.4 Å². The minimum atomic E-state index is -0.587. The fraction of sp³-hybridized carbons (Fsp3) is 0.556. The van der Waals surface area contributed by atoms with E-state index in [4.69, 9.17) is 4.74 Å². The summed E-state index contributed by atoms with van der Waals surface area (Å²) in [6.45, 7) is 6.39. The van der Waals surface area contributed by atoms with Crippen LogP contribution in [0.5, 0.6) is 0 Å². The molecule has 27 heavy (non-hydrogen) atoms. The number of hydrogen-bond acceptors (Lipinski definition) is 5. The highest BCUT2D eigenvalue weighted by Crippen LogP contribution is 2.25. The van der Waals surface area contributed by atoms with Crippen LogP contribution in [-0.2, 0) is 11.8 Å². The highest BCUT2D eigenvalue weighted by atomic mass is 79.9. The maximum absolute atomic E-state index is 12.7. The molecular formula is C18H23BrN4O4. The number of hydrogen-bond donors (Lipinski definition) is 0. The number of ether oxygens (including phenoxy) is 1. The lowest BCUT2D eigenvalue weighted by molar-refractivity contribution is 0.0188. The van der Waals surface area contributed by atoms with Crippen LogP contribution in [0, 0.1) is 0 Å². The maximum atomic E-state index is 12.7. The molecule has 0 radical (unpaired) electrons. The summed E-state index contributed by atoms with van der Waals surface area (Å²) in [6, 6.07) is 1.58. The van der Waals surface area contributed by atoms with Gasteiger partial charge in [0.1, 0.15) is 5.60 Å². The van der Waals surface area contributed by atoms with Gasteiger partial charge in [0.2, 0.25) is 0 Å². The molecule has 2 aromatic rings. The number of pyridine rings is 1. The average molecular weight is 439 g/mol. The monoisotopic (exact) mass is 438 g/mol. The standard InChI is InChI=1S/C18H23BrN4O4/c1-18(2,3)27-17(26)22-7-5-12(6-8-22)23-14-13(9-11(19)10-20-14)21(4)15(24)16(23)25/h9-10,12H,5-8H2,1-4H3. The summed E-state index contributed by atoms with van der Waals surface area (Å²) in [4.78, 5) is 43.3. The highest BCUT2D eigenvalue weighted by Gasteiger charge is 2.29. The van der Waals surface area contributed by atoms with Crippen LogP contribution in [0.3, 0.4) is 0 Å². The molecule has 1 saturated heterocycles. The molecule has 2 aromatic heterocycles. The Morgan fingerprint density at radius 2 is 1.85 bits per heavy atom. The molecule has 1 aliphatic rings. The van der Waals surface area contributed by atoms with E-state index in [-0.39, 0.29) is 12.1 Å². The summed E-state index contributed by atoms with van der Waals surface area (Å²) in [6.07, 6.45) is 2.36. The molecule has 0 spiro atoms. The van der Waals surface area contributed by atoms with E-state index in [0.717, 1.165) is 4.47 Å². The van der Waals surface area contributed by atoms with Crippen LogP contribution in [0.25, 0.3) is 11.2 Å². The predicted molar refractivity (Wildman–Crippen MR) is 105 cm³/mol. The Bertz CT molecular complexity index is 997. The zero-order valence-electron chi connectivity index (χ0n) is 15.9. The molecule has 146 valence electrons. The summed E-state index contributed by atoms with van der Waals surface area (Å²) >= 11 is 3.35. The van der Waals surface area contributed by atoms with Gasteiger partial charge in [-0.15, -0.1) is 0 Å². The summed E-state index contributed by atoms with van der Waals surface area (Å²) in [5, 5.41) is 0. The molecule has 9 heteroatoms. The Kier molecular flexibility index (Phi) is 5.16. The molecular weight excluding hydrogens is 416 g/mol. The van der Waals surface area contributed by atoms with Gasteiger partial charge in [0.15, 0.2) is 5.65 Å². The third-order valence-electron chi connectivity index (χ3n) is 4.59. The molecule has 3 rings (SSSR count). The predicted octanol–water partition coefficient (Wildman–Crippen LogP) is 2.43. The first kappa shape index (κ1) is 19.6. The van der Waals surface area contributed by atoms with Crippen molar-refractivity contribution < 1.29 is 9.53 Å². The molecule has 0 N–H and O–H groups in total. The number of aromatic nitrogens is 3. The van der Waals surface area contributed by atoms with E-state index in [2.05, 4.69) is 20.9 Å². The summed E-state index contributed by atoms with van der Waals surface area (Å²) in [5.74, 6) is 0. The van der Waals surface area contributed by atoms with Crippen LogP contribution in [0.2, 0.25) is 0 Å². The van der Waals surface area contributed by atoms with Gasteiger partial charge in [-0.05, 0) is 55.6 Å². The smallest absolute Gasteiger partial charge is 0.410 e. The minimum Gasteiger partial charge on any atom is -0.444 e. The number of nitrogens with zero attached hydrogens (tertiary/aromatic N) is 4. The van der Waals surface area contributed by atoms with Crippen molar-refractivity contribution in [3.63, 3.8) is 0 Å². The van der Waals surface area contributed by atoms with E-state index in [0.29, 0.717) is 37.1 Å². The molecule has 1 amide bonds. The van der Waals surface area contributed by atoms with Crippen molar-refractivity contribution >= 4 is 33.2 Å². The molecule has 0 aromatic carbocycles. The first-order valence-corrected chi connectivity index (χ1v) is 9.62. The summed E-state index contributed by atoms with van der Waals surface area (Å²) in [7, 11) is 1.57. The largest absolute Gasteiger partial charge is 0.444 e. The SMILES string of the molecule is Cn1c(=O)c(=O)n(C2CCN(C(=O)OC(C)(C)C)CC2)c2ncc(Br)cc21. The zero-order chi connectivity index (χ0) is 19.9. The average Bonchev–Trinajstić information content (AvgIpc) is 2.59. The Labute approximate surface area is 164 Å². The number of rotatable bonds is 1. The van der Waals surface area contributed by atoms with Gasteiger partial charge in [-0.25, -0.2) is 9.78 Å². The van der Waals surface area contributed by atoms with E-state index in [1.165, 1.54) is 9.13 Å². The molecule has 1 aliphatic heterocycles. The molecule has 0 unspecified atom stereocenters. The molecule has 0 bridgehead atoms. The normalized spacial score (nSPS) is 16.0. The Morgan fingerprint density at radius 3 is 2.44 bits per heavy atom. The van der Waals surface area contributed by atoms with Gasteiger partial charge < -0.3 is 14.2 Å². The number of fused-ring (bicyclic) bond motifs is 1. The van der Waals surface area contributed by atoms with Crippen LogP contribution < -0.4 is 11.1 Å². The van der Waals surface area contributed by atoms with E-state index in [1.54, 1.807) is 24.2 Å². The van der Waals surface area contributed by atoms with Crippen LogP contribution in [-0.4, -0.2) is 43.8 Å². The first-order valence-electron chi connectivity index (χ1n) is 8.83. The second kappa shape index (κ2) is 7.10.